The fourth-order valence-electron chi connectivity index (χ4n) is 3.40. The van der Waals surface area contributed by atoms with Gasteiger partial charge in [-0.25, -0.2) is 15.0 Å². The molecule has 0 radical (unpaired) electrons. The number of amides is 2. The van der Waals surface area contributed by atoms with E-state index in [4.69, 9.17) is 4.74 Å². The zero-order valence-corrected chi connectivity index (χ0v) is 19.2. The number of fused-ring (bicyclic) bond motifs is 1. The molecular formula is C22H17F3N6O3S. The van der Waals surface area contributed by atoms with Crippen molar-refractivity contribution in [2.75, 3.05) is 18.1 Å². The van der Waals surface area contributed by atoms with Gasteiger partial charge in [-0.3, -0.25) is 14.5 Å². The minimum Gasteiger partial charge on any atom is -0.481 e. The summed E-state index contributed by atoms with van der Waals surface area (Å²) < 4.78 is 43.8. The summed E-state index contributed by atoms with van der Waals surface area (Å²) in [5.41, 5.74) is 1.15. The predicted octanol–water partition coefficient (Wildman–Crippen LogP) is 3.67. The third-order valence-corrected chi connectivity index (χ3v) is 6.06. The van der Waals surface area contributed by atoms with E-state index in [0.29, 0.717) is 16.3 Å². The number of nitrogens with zero attached hydrogens (tertiary/aromatic N) is 5. The molecule has 0 aliphatic carbocycles. The van der Waals surface area contributed by atoms with E-state index in [1.54, 1.807) is 19.2 Å². The van der Waals surface area contributed by atoms with Crippen LogP contribution in [0.25, 0.3) is 10.6 Å². The standard InChI is InChI=1S/C22H17F3N6O3S/c1-11-7-27-20(35-11)15-5-13(6-16-18(15)34-10-17(32)31(16)4-3-26)19(33)30-12(2)14-8-28-21(29-9-14)22(23,24)25/h5-9,12H,4,10H2,1-2H3,(H,30,33). The van der Waals surface area contributed by atoms with Crippen LogP contribution < -0.4 is 15.0 Å². The first-order valence-electron chi connectivity index (χ1n) is 10.2. The number of aromatic nitrogens is 3. The number of thiazole rings is 1. The maximum Gasteiger partial charge on any atom is 0.451 e. The number of anilines is 1. The lowest BCUT2D eigenvalue weighted by molar-refractivity contribution is -0.145. The van der Waals surface area contributed by atoms with E-state index < -0.39 is 29.9 Å². The molecule has 1 atom stereocenters. The second-order valence-corrected chi connectivity index (χ2v) is 8.84. The molecule has 0 saturated carbocycles. The van der Waals surface area contributed by atoms with Gasteiger partial charge in [0.1, 0.15) is 11.6 Å². The number of nitrogens with one attached hydrogen (secondary N) is 1. The Morgan fingerprint density at radius 3 is 2.60 bits per heavy atom. The van der Waals surface area contributed by atoms with Crippen LogP contribution >= 0.6 is 11.3 Å². The Balaban J connectivity index is 1.69. The third-order valence-electron chi connectivity index (χ3n) is 5.12. The summed E-state index contributed by atoms with van der Waals surface area (Å²) in [7, 11) is 0. The Bertz CT molecular complexity index is 1330. The van der Waals surface area contributed by atoms with Gasteiger partial charge in [-0.05, 0) is 26.0 Å². The Kier molecular flexibility index (Phi) is 6.40. The summed E-state index contributed by atoms with van der Waals surface area (Å²) in [4.78, 5) is 38.6. The topological polar surface area (TPSA) is 121 Å². The summed E-state index contributed by atoms with van der Waals surface area (Å²) in [6, 6.07) is 4.20. The molecule has 3 heterocycles. The average molecular weight is 502 g/mol. The van der Waals surface area contributed by atoms with Gasteiger partial charge in [0.15, 0.2) is 12.4 Å². The molecule has 1 unspecified atom stereocenters. The Morgan fingerprint density at radius 1 is 1.29 bits per heavy atom. The van der Waals surface area contributed by atoms with Gasteiger partial charge in [0.2, 0.25) is 5.82 Å². The van der Waals surface area contributed by atoms with E-state index in [1.165, 1.54) is 22.3 Å². The fraction of sp³-hybridized carbons (Fsp3) is 0.273. The molecule has 35 heavy (non-hydrogen) atoms. The van der Waals surface area contributed by atoms with Gasteiger partial charge < -0.3 is 10.1 Å². The van der Waals surface area contributed by atoms with E-state index in [1.807, 2.05) is 13.0 Å². The first-order chi connectivity index (χ1) is 16.6. The highest BCUT2D eigenvalue weighted by atomic mass is 32.1. The smallest absolute Gasteiger partial charge is 0.451 e. The SMILES string of the molecule is Cc1cnc(-c2cc(C(=O)NC(C)c3cnc(C(F)(F)F)nc3)cc3c2OCC(=O)N3CC#N)s1. The summed E-state index contributed by atoms with van der Waals surface area (Å²) in [5, 5.41) is 12.4. The number of alkyl halides is 3. The fourth-order valence-corrected chi connectivity index (χ4v) is 4.17. The van der Waals surface area contributed by atoms with Crippen molar-refractivity contribution in [2.24, 2.45) is 0 Å². The van der Waals surface area contributed by atoms with Crippen molar-refractivity contribution in [3.05, 3.63) is 52.6 Å². The molecule has 0 saturated heterocycles. The number of nitriles is 1. The van der Waals surface area contributed by atoms with Crippen LogP contribution in [0, 0.1) is 18.3 Å². The lowest BCUT2D eigenvalue weighted by Gasteiger charge is -2.29. The molecule has 4 rings (SSSR count). The van der Waals surface area contributed by atoms with Crippen molar-refractivity contribution in [3.63, 3.8) is 0 Å². The third kappa shape index (κ3) is 4.92. The highest BCUT2D eigenvalue weighted by Gasteiger charge is 2.34. The molecule has 1 N–H and O–H groups in total. The maximum atomic E-state index is 13.1. The van der Waals surface area contributed by atoms with Crippen LogP contribution in [0.15, 0.2) is 30.7 Å². The predicted molar refractivity (Wildman–Crippen MR) is 119 cm³/mol. The quantitative estimate of drug-likeness (QED) is 0.529. The van der Waals surface area contributed by atoms with Crippen molar-refractivity contribution in [1.82, 2.24) is 20.3 Å². The zero-order valence-electron chi connectivity index (χ0n) is 18.4. The number of hydrogen-bond donors (Lipinski definition) is 1. The summed E-state index contributed by atoms with van der Waals surface area (Å²) >= 11 is 1.36. The number of aryl methyl sites for hydroxylation is 1. The second-order valence-electron chi connectivity index (χ2n) is 7.61. The molecule has 0 bridgehead atoms. The van der Waals surface area contributed by atoms with E-state index in [2.05, 4.69) is 20.3 Å². The zero-order chi connectivity index (χ0) is 25.3. The Morgan fingerprint density at radius 2 is 2.00 bits per heavy atom. The second kappa shape index (κ2) is 9.30. The number of ether oxygens (including phenoxy) is 1. The van der Waals surface area contributed by atoms with Crippen LogP contribution in [0.3, 0.4) is 0 Å². The van der Waals surface area contributed by atoms with Crippen molar-refractivity contribution >= 4 is 28.8 Å². The molecule has 9 nitrogen and oxygen atoms in total. The number of carbonyl (C=O) groups is 2. The highest BCUT2D eigenvalue weighted by molar-refractivity contribution is 7.15. The molecule has 1 aromatic carbocycles. The first-order valence-corrected chi connectivity index (χ1v) is 11.0. The van der Waals surface area contributed by atoms with Crippen LogP contribution in [0.4, 0.5) is 18.9 Å². The maximum absolute atomic E-state index is 13.1. The van der Waals surface area contributed by atoms with Gasteiger partial charge in [-0.1, -0.05) is 0 Å². The summed E-state index contributed by atoms with van der Waals surface area (Å²) in [6.07, 6.45) is -1.02. The monoisotopic (exact) mass is 502 g/mol. The molecule has 3 aromatic rings. The molecule has 0 spiro atoms. The Hall–Kier alpha value is -4.05. The molecule has 180 valence electrons. The van der Waals surface area contributed by atoms with E-state index >= 15 is 0 Å². The summed E-state index contributed by atoms with van der Waals surface area (Å²) in [5.74, 6) is -1.95. The number of carbonyl (C=O) groups excluding carboxylic acids is 2. The van der Waals surface area contributed by atoms with Crippen molar-refractivity contribution < 1.29 is 27.5 Å². The van der Waals surface area contributed by atoms with Crippen LogP contribution in [-0.2, 0) is 11.0 Å². The van der Waals surface area contributed by atoms with E-state index in [-0.39, 0.29) is 30.0 Å². The van der Waals surface area contributed by atoms with Gasteiger partial charge >= 0.3 is 6.18 Å². The molecule has 2 aromatic heterocycles. The average Bonchev–Trinajstić information content (AvgIpc) is 3.25. The molecule has 2 amide bonds. The molecule has 1 aliphatic heterocycles. The van der Waals surface area contributed by atoms with Crippen LogP contribution in [-0.4, -0.2) is 39.9 Å². The highest BCUT2D eigenvalue weighted by Crippen LogP contribution is 2.43. The summed E-state index contributed by atoms with van der Waals surface area (Å²) in [6.45, 7) is 2.94. The van der Waals surface area contributed by atoms with Crippen molar-refractivity contribution in [2.45, 2.75) is 26.1 Å². The largest absolute Gasteiger partial charge is 0.481 e. The van der Waals surface area contributed by atoms with Gasteiger partial charge in [-0.15, -0.1) is 11.3 Å². The normalized spacial score (nSPS) is 14.1. The van der Waals surface area contributed by atoms with E-state index in [0.717, 1.165) is 17.3 Å². The van der Waals surface area contributed by atoms with Crippen LogP contribution in [0.5, 0.6) is 5.75 Å². The van der Waals surface area contributed by atoms with Crippen molar-refractivity contribution in [3.8, 4) is 22.4 Å². The lowest BCUT2D eigenvalue weighted by Crippen LogP contribution is -2.39. The molecule has 1 aliphatic rings. The molecule has 13 heteroatoms. The van der Waals surface area contributed by atoms with Gasteiger partial charge in [0, 0.05) is 34.6 Å². The van der Waals surface area contributed by atoms with Gasteiger partial charge in [0.05, 0.1) is 23.4 Å². The van der Waals surface area contributed by atoms with Gasteiger partial charge in [-0.2, -0.15) is 18.4 Å². The minimum absolute atomic E-state index is 0.146. The van der Waals surface area contributed by atoms with Crippen LogP contribution in [0.1, 0.15) is 39.6 Å². The Labute approximate surface area is 201 Å². The number of rotatable bonds is 5. The van der Waals surface area contributed by atoms with Crippen molar-refractivity contribution in [1.29, 1.82) is 5.26 Å². The minimum atomic E-state index is -4.67. The van der Waals surface area contributed by atoms with E-state index in [9.17, 15) is 28.0 Å². The number of halogens is 3. The lowest BCUT2D eigenvalue weighted by atomic mass is 10.0. The number of hydrogen-bond acceptors (Lipinski definition) is 8. The molecule has 0 fully saturated rings. The van der Waals surface area contributed by atoms with Gasteiger partial charge in [0.25, 0.3) is 11.8 Å². The first kappa shape index (κ1) is 24.1. The molecular weight excluding hydrogens is 485 g/mol. The van der Waals surface area contributed by atoms with Crippen LogP contribution in [0.2, 0.25) is 0 Å². The number of benzene rings is 1.